The van der Waals surface area contributed by atoms with Crippen LogP contribution in [-0.2, 0) is 6.54 Å². The van der Waals surface area contributed by atoms with Crippen LogP contribution in [0.5, 0.6) is 0 Å². The van der Waals surface area contributed by atoms with Crippen LogP contribution in [0.15, 0.2) is 61.1 Å². The van der Waals surface area contributed by atoms with Gasteiger partial charge >= 0.3 is 0 Å². The highest BCUT2D eigenvalue weighted by molar-refractivity contribution is 5.85. The van der Waals surface area contributed by atoms with Crippen molar-refractivity contribution in [2.45, 2.75) is 32.4 Å². The number of para-hydroxylation sites is 1. The Bertz CT molecular complexity index is 863. The van der Waals surface area contributed by atoms with Crippen LogP contribution in [0.25, 0.3) is 5.69 Å². The Kier molecular flexibility index (Phi) is 6.83. The van der Waals surface area contributed by atoms with E-state index in [0.29, 0.717) is 12.0 Å². The molecule has 0 spiro atoms. The molecule has 1 aromatic carbocycles. The van der Waals surface area contributed by atoms with Crippen LogP contribution < -0.4 is 5.32 Å². The van der Waals surface area contributed by atoms with Gasteiger partial charge in [0.05, 0.1) is 11.4 Å². The molecule has 1 atom stereocenters. The summed E-state index contributed by atoms with van der Waals surface area (Å²) in [5.74, 6) is 0.393. The van der Waals surface area contributed by atoms with Crippen molar-refractivity contribution in [2.75, 3.05) is 19.6 Å². The van der Waals surface area contributed by atoms with Gasteiger partial charge in [-0.1, -0.05) is 38.1 Å². The van der Waals surface area contributed by atoms with Crippen molar-refractivity contribution in [1.29, 1.82) is 0 Å². The molecular weight excluding hydrogens is 370 g/mol. The van der Waals surface area contributed by atoms with Crippen LogP contribution in [0, 0.1) is 0 Å². The summed E-state index contributed by atoms with van der Waals surface area (Å²) in [5.41, 5.74) is 4.87. The van der Waals surface area contributed by atoms with E-state index in [2.05, 4.69) is 65.6 Å². The highest BCUT2D eigenvalue weighted by Gasteiger charge is 2.26. The summed E-state index contributed by atoms with van der Waals surface area (Å²) < 4.78 is 2.02. The van der Waals surface area contributed by atoms with Gasteiger partial charge in [0.15, 0.2) is 0 Å². The summed E-state index contributed by atoms with van der Waals surface area (Å²) in [7, 11) is 0. The summed E-state index contributed by atoms with van der Waals surface area (Å²) in [5, 5.41) is 8.43. The zero-order valence-corrected chi connectivity index (χ0v) is 17.3. The van der Waals surface area contributed by atoms with Crippen molar-refractivity contribution < 1.29 is 0 Å². The fourth-order valence-corrected chi connectivity index (χ4v) is 3.80. The maximum absolute atomic E-state index is 4.91. The van der Waals surface area contributed by atoms with Crippen LogP contribution in [-0.4, -0.2) is 39.3 Å². The van der Waals surface area contributed by atoms with E-state index in [1.165, 1.54) is 16.8 Å². The van der Waals surface area contributed by atoms with E-state index in [0.717, 1.165) is 31.9 Å². The Morgan fingerprint density at radius 3 is 2.68 bits per heavy atom. The van der Waals surface area contributed by atoms with Gasteiger partial charge in [-0.05, 0) is 29.7 Å². The molecule has 0 radical (unpaired) electrons. The minimum atomic E-state index is 0. The lowest BCUT2D eigenvalue weighted by Gasteiger charge is -2.36. The lowest BCUT2D eigenvalue weighted by Crippen LogP contribution is -2.45. The van der Waals surface area contributed by atoms with Gasteiger partial charge in [0, 0.05) is 56.4 Å². The predicted molar refractivity (Wildman–Crippen MR) is 115 cm³/mol. The molecule has 0 saturated carbocycles. The first-order valence-corrected chi connectivity index (χ1v) is 9.71. The average Bonchev–Trinajstić information content (AvgIpc) is 3.14. The van der Waals surface area contributed by atoms with E-state index in [-0.39, 0.29) is 12.4 Å². The van der Waals surface area contributed by atoms with Gasteiger partial charge in [-0.15, -0.1) is 12.4 Å². The fraction of sp³-hybridized carbons (Fsp3) is 0.364. The summed E-state index contributed by atoms with van der Waals surface area (Å²) in [6, 6.07) is 14.9. The van der Waals surface area contributed by atoms with Crippen LogP contribution in [0.2, 0.25) is 0 Å². The van der Waals surface area contributed by atoms with Gasteiger partial charge in [-0.2, -0.15) is 5.10 Å². The smallest absolute Gasteiger partial charge is 0.0699 e. The molecule has 6 heteroatoms. The number of nitrogens with one attached hydrogen (secondary N) is 1. The van der Waals surface area contributed by atoms with E-state index >= 15 is 0 Å². The first-order chi connectivity index (χ1) is 13.2. The number of rotatable bonds is 5. The number of nitrogens with zero attached hydrogens (tertiary/aromatic N) is 4. The van der Waals surface area contributed by atoms with E-state index in [9.17, 15) is 0 Å². The molecule has 3 aromatic rings. The number of pyridine rings is 1. The Balaban J connectivity index is 0.00000225. The molecule has 1 fully saturated rings. The Labute approximate surface area is 173 Å². The van der Waals surface area contributed by atoms with Gasteiger partial charge in [-0.25, -0.2) is 4.68 Å². The molecule has 1 N–H and O–H groups in total. The second-order valence-electron chi connectivity index (χ2n) is 7.45. The van der Waals surface area contributed by atoms with Gasteiger partial charge in [0.1, 0.15) is 0 Å². The van der Waals surface area contributed by atoms with Crippen LogP contribution in [0.4, 0.5) is 0 Å². The standard InChI is InChI=1S/C22H27N5.ClH/c1-17(2)22-19(16-27(25-22)20-8-4-3-5-9-20)15-26-12-11-24-14-21(26)18-7-6-10-23-13-18;/h3-10,13,16-17,21,24H,11-12,14-15H2,1-2H3;1H. The lowest BCUT2D eigenvalue weighted by molar-refractivity contribution is 0.153. The number of piperazine rings is 1. The largest absolute Gasteiger partial charge is 0.314 e. The second kappa shape index (κ2) is 9.32. The zero-order valence-electron chi connectivity index (χ0n) is 16.5. The molecule has 28 heavy (non-hydrogen) atoms. The number of halogens is 1. The summed E-state index contributed by atoms with van der Waals surface area (Å²) in [6.07, 6.45) is 6.03. The van der Waals surface area contributed by atoms with Crippen molar-refractivity contribution in [1.82, 2.24) is 25.0 Å². The third-order valence-electron chi connectivity index (χ3n) is 5.19. The number of benzene rings is 1. The minimum absolute atomic E-state index is 0. The fourth-order valence-electron chi connectivity index (χ4n) is 3.80. The van der Waals surface area contributed by atoms with Gasteiger partial charge in [0.25, 0.3) is 0 Å². The number of hydrogen-bond acceptors (Lipinski definition) is 4. The second-order valence-corrected chi connectivity index (χ2v) is 7.45. The molecule has 4 rings (SSSR count). The first-order valence-electron chi connectivity index (χ1n) is 9.71. The van der Waals surface area contributed by atoms with Crippen LogP contribution in [0.3, 0.4) is 0 Å². The maximum Gasteiger partial charge on any atom is 0.0699 e. The third-order valence-corrected chi connectivity index (χ3v) is 5.19. The summed E-state index contributed by atoms with van der Waals surface area (Å²) in [6.45, 7) is 8.33. The Morgan fingerprint density at radius 1 is 1.14 bits per heavy atom. The molecule has 0 aliphatic carbocycles. The third kappa shape index (κ3) is 4.43. The SMILES string of the molecule is CC(C)c1nn(-c2ccccc2)cc1CN1CCNCC1c1cccnc1.Cl. The van der Waals surface area contributed by atoms with E-state index in [1.807, 2.05) is 29.2 Å². The highest BCUT2D eigenvalue weighted by atomic mass is 35.5. The summed E-state index contributed by atoms with van der Waals surface area (Å²) >= 11 is 0. The zero-order chi connectivity index (χ0) is 18.6. The van der Waals surface area contributed by atoms with Crippen LogP contribution in [0.1, 0.15) is 42.6 Å². The van der Waals surface area contributed by atoms with Gasteiger partial charge in [-0.3, -0.25) is 9.88 Å². The van der Waals surface area contributed by atoms with Crippen molar-refractivity contribution >= 4 is 12.4 Å². The predicted octanol–water partition coefficient (Wildman–Crippen LogP) is 3.96. The number of aromatic nitrogens is 3. The minimum Gasteiger partial charge on any atom is -0.314 e. The van der Waals surface area contributed by atoms with Gasteiger partial charge < -0.3 is 5.32 Å². The monoisotopic (exact) mass is 397 g/mol. The van der Waals surface area contributed by atoms with Crippen molar-refractivity contribution in [2.24, 2.45) is 0 Å². The molecule has 148 valence electrons. The Morgan fingerprint density at radius 2 is 1.96 bits per heavy atom. The van der Waals surface area contributed by atoms with Crippen molar-refractivity contribution in [3.05, 3.63) is 77.9 Å². The Hall–Kier alpha value is -2.21. The lowest BCUT2D eigenvalue weighted by atomic mass is 10.0. The molecule has 2 aromatic heterocycles. The topological polar surface area (TPSA) is 46.0 Å². The van der Waals surface area contributed by atoms with E-state index in [1.54, 1.807) is 0 Å². The van der Waals surface area contributed by atoms with E-state index < -0.39 is 0 Å². The van der Waals surface area contributed by atoms with Gasteiger partial charge in [0.2, 0.25) is 0 Å². The molecule has 1 saturated heterocycles. The quantitative estimate of drug-likeness (QED) is 0.707. The summed E-state index contributed by atoms with van der Waals surface area (Å²) in [4.78, 5) is 6.87. The maximum atomic E-state index is 4.91. The first kappa shape index (κ1) is 20.5. The molecule has 3 heterocycles. The van der Waals surface area contributed by atoms with Crippen molar-refractivity contribution in [3.8, 4) is 5.69 Å². The normalized spacial score (nSPS) is 17.5. The highest BCUT2D eigenvalue weighted by Crippen LogP contribution is 2.27. The van der Waals surface area contributed by atoms with Crippen molar-refractivity contribution in [3.63, 3.8) is 0 Å². The molecule has 1 unspecified atom stereocenters. The van der Waals surface area contributed by atoms with Crippen LogP contribution >= 0.6 is 12.4 Å². The number of hydrogen-bond donors (Lipinski definition) is 1. The molecule has 0 amide bonds. The molecule has 1 aliphatic rings. The average molecular weight is 398 g/mol. The molecular formula is C22H28ClN5. The molecule has 0 bridgehead atoms. The van der Waals surface area contributed by atoms with E-state index in [4.69, 9.17) is 5.10 Å². The molecule has 1 aliphatic heterocycles. The molecule has 5 nitrogen and oxygen atoms in total.